The van der Waals surface area contributed by atoms with Crippen LogP contribution in [0.2, 0.25) is 10.0 Å². The summed E-state index contributed by atoms with van der Waals surface area (Å²) in [5, 5.41) is 9.47. The average molecular weight is 339 g/mol. The Morgan fingerprint density at radius 1 is 0.905 bits per heavy atom. The Morgan fingerprint density at radius 3 is 2.19 bits per heavy atom. The van der Waals surface area contributed by atoms with E-state index in [9.17, 15) is 0 Å². The molecule has 0 N–H and O–H groups in total. The van der Waals surface area contributed by atoms with E-state index in [2.05, 4.69) is 10.2 Å². The molecule has 0 atom stereocenters. The van der Waals surface area contributed by atoms with Crippen molar-refractivity contribution >= 4 is 34.8 Å². The van der Waals surface area contributed by atoms with Crippen LogP contribution in [0.25, 0.3) is 17.1 Å². The SMILES string of the molecule is ClCc1nnc(-c2cc(Cl)cc(Cl)c2)n1-c1ccccc1. The van der Waals surface area contributed by atoms with Gasteiger partial charge in [-0.1, -0.05) is 41.4 Å². The highest BCUT2D eigenvalue weighted by atomic mass is 35.5. The van der Waals surface area contributed by atoms with Gasteiger partial charge < -0.3 is 0 Å². The smallest absolute Gasteiger partial charge is 0.168 e. The van der Waals surface area contributed by atoms with E-state index in [-0.39, 0.29) is 5.88 Å². The van der Waals surface area contributed by atoms with Gasteiger partial charge in [0.1, 0.15) is 0 Å². The molecule has 0 aliphatic carbocycles. The van der Waals surface area contributed by atoms with E-state index < -0.39 is 0 Å². The van der Waals surface area contributed by atoms with Gasteiger partial charge in [0.15, 0.2) is 11.6 Å². The van der Waals surface area contributed by atoms with Crippen molar-refractivity contribution in [3.63, 3.8) is 0 Å². The van der Waals surface area contributed by atoms with Gasteiger partial charge >= 0.3 is 0 Å². The van der Waals surface area contributed by atoms with Crippen LogP contribution in [0.1, 0.15) is 5.82 Å². The highest BCUT2D eigenvalue weighted by Gasteiger charge is 2.15. The minimum atomic E-state index is 0.260. The zero-order valence-electron chi connectivity index (χ0n) is 10.8. The quantitative estimate of drug-likeness (QED) is 0.631. The first-order valence-corrected chi connectivity index (χ1v) is 7.50. The van der Waals surface area contributed by atoms with Crippen molar-refractivity contribution in [2.75, 3.05) is 0 Å². The summed E-state index contributed by atoms with van der Waals surface area (Å²) in [5.41, 5.74) is 1.73. The van der Waals surface area contributed by atoms with Gasteiger partial charge in [-0.2, -0.15) is 0 Å². The zero-order valence-corrected chi connectivity index (χ0v) is 13.1. The van der Waals surface area contributed by atoms with Gasteiger partial charge in [0.2, 0.25) is 0 Å². The van der Waals surface area contributed by atoms with E-state index in [0.717, 1.165) is 11.3 Å². The molecule has 0 aliphatic heterocycles. The lowest BCUT2D eigenvalue weighted by Gasteiger charge is -2.09. The summed E-state index contributed by atoms with van der Waals surface area (Å²) in [6.45, 7) is 0. The summed E-state index contributed by atoms with van der Waals surface area (Å²) in [6.07, 6.45) is 0. The maximum Gasteiger partial charge on any atom is 0.168 e. The third kappa shape index (κ3) is 2.91. The number of hydrogen-bond donors (Lipinski definition) is 0. The van der Waals surface area contributed by atoms with Crippen molar-refractivity contribution in [2.45, 2.75) is 5.88 Å². The molecule has 0 saturated carbocycles. The van der Waals surface area contributed by atoms with Gasteiger partial charge in [0.25, 0.3) is 0 Å². The van der Waals surface area contributed by atoms with Crippen molar-refractivity contribution < 1.29 is 0 Å². The Morgan fingerprint density at radius 2 is 1.57 bits per heavy atom. The Balaban J connectivity index is 2.22. The summed E-state index contributed by atoms with van der Waals surface area (Å²) in [7, 11) is 0. The summed E-state index contributed by atoms with van der Waals surface area (Å²) in [4.78, 5) is 0. The fraction of sp³-hybridized carbons (Fsp3) is 0.0667. The predicted molar refractivity (Wildman–Crippen MR) is 86.4 cm³/mol. The summed E-state index contributed by atoms with van der Waals surface area (Å²) >= 11 is 18.1. The molecule has 0 fully saturated rings. The summed E-state index contributed by atoms with van der Waals surface area (Å²) in [5.74, 6) is 1.58. The molecule has 21 heavy (non-hydrogen) atoms. The average Bonchev–Trinajstić information content (AvgIpc) is 2.91. The van der Waals surface area contributed by atoms with Gasteiger partial charge in [-0.15, -0.1) is 21.8 Å². The highest BCUT2D eigenvalue weighted by Crippen LogP contribution is 2.28. The Kier molecular flexibility index (Phi) is 4.15. The monoisotopic (exact) mass is 337 g/mol. The Bertz CT molecular complexity index is 749. The van der Waals surface area contributed by atoms with Crippen LogP contribution in [0.5, 0.6) is 0 Å². The third-order valence-corrected chi connectivity index (χ3v) is 3.66. The number of alkyl halides is 1. The Hall–Kier alpha value is -1.55. The molecule has 6 heteroatoms. The van der Waals surface area contributed by atoms with Crippen LogP contribution < -0.4 is 0 Å². The minimum Gasteiger partial charge on any atom is -0.278 e. The topological polar surface area (TPSA) is 30.7 Å². The van der Waals surface area contributed by atoms with Crippen LogP contribution in [0, 0.1) is 0 Å². The fourth-order valence-corrected chi connectivity index (χ4v) is 2.82. The lowest BCUT2D eigenvalue weighted by atomic mass is 10.2. The molecule has 1 aromatic heterocycles. The number of hydrogen-bond acceptors (Lipinski definition) is 2. The van der Waals surface area contributed by atoms with Crippen LogP contribution in [0.4, 0.5) is 0 Å². The highest BCUT2D eigenvalue weighted by molar-refractivity contribution is 6.35. The van der Waals surface area contributed by atoms with E-state index in [1.54, 1.807) is 18.2 Å². The number of para-hydroxylation sites is 1. The van der Waals surface area contributed by atoms with Gasteiger partial charge in [0, 0.05) is 21.3 Å². The van der Waals surface area contributed by atoms with Crippen LogP contribution in [0.15, 0.2) is 48.5 Å². The molecule has 3 aromatic rings. The van der Waals surface area contributed by atoms with Crippen LogP contribution in [0.3, 0.4) is 0 Å². The molecule has 3 rings (SSSR count). The summed E-state index contributed by atoms with van der Waals surface area (Å²) in [6, 6.07) is 15.1. The van der Waals surface area contributed by atoms with Gasteiger partial charge in [-0.25, -0.2) is 0 Å². The molecular weight excluding hydrogens is 329 g/mol. The van der Waals surface area contributed by atoms with Crippen LogP contribution >= 0.6 is 34.8 Å². The van der Waals surface area contributed by atoms with Crippen molar-refractivity contribution in [3.8, 4) is 17.1 Å². The van der Waals surface area contributed by atoms with Crippen molar-refractivity contribution in [1.29, 1.82) is 0 Å². The molecular formula is C15H10Cl3N3. The van der Waals surface area contributed by atoms with E-state index in [1.165, 1.54) is 0 Å². The third-order valence-electron chi connectivity index (χ3n) is 2.98. The lowest BCUT2D eigenvalue weighted by molar-refractivity contribution is 0.953. The first-order chi connectivity index (χ1) is 10.2. The standard InChI is InChI=1S/C15H10Cl3N3/c16-9-14-19-20-15(10-6-11(17)8-12(18)7-10)21(14)13-4-2-1-3-5-13/h1-8H,9H2. The normalized spacial score (nSPS) is 10.8. The molecule has 0 bridgehead atoms. The van der Waals surface area contributed by atoms with Gasteiger partial charge in [0.05, 0.1) is 5.88 Å². The molecule has 0 amide bonds. The second kappa shape index (κ2) is 6.06. The van der Waals surface area contributed by atoms with E-state index in [0.29, 0.717) is 21.7 Å². The largest absolute Gasteiger partial charge is 0.278 e. The second-order valence-electron chi connectivity index (χ2n) is 4.40. The zero-order chi connectivity index (χ0) is 14.8. The Labute approximate surface area is 137 Å². The van der Waals surface area contributed by atoms with E-state index >= 15 is 0 Å². The fourth-order valence-electron chi connectivity index (χ4n) is 2.12. The number of rotatable bonds is 3. The van der Waals surface area contributed by atoms with Gasteiger partial charge in [-0.3, -0.25) is 4.57 Å². The molecule has 106 valence electrons. The van der Waals surface area contributed by atoms with Crippen LogP contribution in [-0.2, 0) is 5.88 Å². The number of aromatic nitrogens is 3. The van der Waals surface area contributed by atoms with Crippen molar-refractivity contribution in [3.05, 3.63) is 64.4 Å². The predicted octanol–water partition coefficient (Wildman–Crippen LogP) is 4.98. The molecule has 1 heterocycles. The maximum atomic E-state index is 6.07. The van der Waals surface area contributed by atoms with Crippen LogP contribution in [-0.4, -0.2) is 14.8 Å². The lowest BCUT2D eigenvalue weighted by Crippen LogP contribution is -2.01. The number of nitrogens with zero attached hydrogens (tertiary/aromatic N) is 3. The minimum absolute atomic E-state index is 0.260. The molecule has 0 radical (unpaired) electrons. The molecule has 2 aromatic carbocycles. The van der Waals surface area contributed by atoms with E-state index in [4.69, 9.17) is 34.8 Å². The van der Waals surface area contributed by atoms with Crippen molar-refractivity contribution in [1.82, 2.24) is 14.8 Å². The molecule has 0 saturated heterocycles. The molecule has 3 nitrogen and oxygen atoms in total. The number of benzene rings is 2. The maximum absolute atomic E-state index is 6.07. The molecule has 0 aliphatic rings. The molecule has 0 spiro atoms. The number of halogens is 3. The second-order valence-corrected chi connectivity index (χ2v) is 5.54. The van der Waals surface area contributed by atoms with E-state index in [1.807, 2.05) is 34.9 Å². The first kappa shape index (κ1) is 14.4. The van der Waals surface area contributed by atoms with Gasteiger partial charge in [-0.05, 0) is 30.3 Å². The first-order valence-electron chi connectivity index (χ1n) is 6.21. The summed E-state index contributed by atoms with van der Waals surface area (Å²) < 4.78 is 1.90. The van der Waals surface area contributed by atoms with Crippen molar-refractivity contribution in [2.24, 2.45) is 0 Å². The molecule has 0 unspecified atom stereocenters.